The van der Waals surface area contributed by atoms with Crippen LogP contribution >= 0.6 is 0 Å². The first kappa shape index (κ1) is 8.00. The average molecular weight is 106 g/mol. The normalized spacial score (nSPS) is 11.2. The topological polar surface area (TPSA) is 0 Å². The van der Waals surface area contributed by atoms with Gasteiger partial charge in [0.05, 0.1) is 0 Å². The molecule has 0 heteroatoms. The van der Waals surface area contributed by atoms with Crippen LogP contribution in [0.15, 0.2) is 0 Å². The van der Waals surface area contributed by atoms with Crippen LogP contribution in [0.2, 0.25) is 0 Å². The van der Waals surface area contributed by atoms with E-state index in [9.17, 15) is 0 Å². The van der Waals surface area contributed by atoms with Gasteiger partial charge in [-0.05, 0) is 52.4 Å². The predicted octanol–water partition coefficient (Wildman–Crippen LogP) is 1.84. The van der Waals surface area contributed by atoms with Crippen molar-refractivity contribution in [3.05, 3.63) is 27.7 Å². The van der Waals surface area contributed by atoms with Crippen molar-refractivity contribution >= 4 is 0 Å². The Bertz CT molecular complexity index is 36.0. The number of hydrogen-bond donors (Lipinski definition) is 0. The molecule has 0 fully saturated rings. The van der Waals surface area contributed by atoms with Crippen LogP contribution in [0.1, 0.15) is 12.8 Å². The Morgan fingerprint density at radius 2 is 1.00 bits per heavy atom. The highest BCUT2D eigenvalue weighted by Crippen LogP contribution is 2.08. The van der Waals surface area contributed by atoms with Crippen LogP contribution in [0.25, 0.3) is 0 Å². The zero-order chi connectivity index (χ0) is 6.57. The molecule has 0 bridgehead atoms. The minimum Gasteiger partial charge on any atom is -0.0496 e. The van der Waals surface area contributed by atoms with Crippen molar-refractivity contribution in [1.29, 1.82) is 0 Å². The van der Waals surface area contributed by atoms with Gasteiger partial charge < -0.3 is 0 Å². The summed E-state index contributed by atoms with van der Waals surface area (Å²) >= 11 is 0. The standard InChI is InChI=1S/C8H10/c1-7(2)5-6-8(3)4/h1-4,7-8H,5-6H2. The zero-order valence-corrected chi connectivity index (χ0v) is 4.88. The van der Waals surface area contributed by atoms with E-state index in [1.165, 1.54) is 0 Å². The quantitative estimate of drug-likeness (QED) is 0.515. The molecular weight excluding hydrogens is 96.1 g/mol. The van der Waals surface area contributed by atoms with Crippen LogP contribution < -0.4 is 0 Å². The fourth-order valence-electron chi connectivity index (χ4n) is 0.385. The fraction of sp³-hybridized carbons (Fsp3) is 0.500. The molecule has 0 saturated carbocycles. The first-order valence-corrected chi connectivity index (χ1v) is 2.65. The third-order valence-corrected chi connectivity index (χ3v) is 0.833. The fourth-order valence-corrected chi connectivity index (χ4v) is 0.385. The van der Waals surface area contributed by atoms with Gasteiger partial charge in [-0.2, -0.15) is 0 Å². The molecule has 0 aliphatic rings. The Labute approximate surface area is 53.3 Å². The molecule has 0 unspecified atom stereocenters. The van der Waals surface area contributed by atoms with E-state index < -0.39 is 0 Å². The lowest BCUT2D eigenvalue weighted by Gasteiger charge is -2.04. The molecule has 0 aromatic heterocycles. The zero-order valence-electron chi connectivity index (χ0n) is 4.88. The van der Waals surface area contributed by atoms with Gasteiger partial charge >= 0.3 is 0 Å². The smallest absolute Gasteiger partial charge is 0.0315 e. The van der Waals surface area contributed by atoms with Crippen molar-refractivity contribution in [2.45, 2.75) is 12.8 Å². The van der Waals surface area contributed by atoms with E-state index in [0.29, 0.717) is 12.8 Å². The summed E-state index contributed by atoms with van der Waals surface area (Å²) in [5, 5.41) is 0. The molecule has 0 heterocycles. The highest BCUT2D eigenvalue weighted by molar-refractivity contribution is 4.68. The monoisotopic (exact) mass is 106 g/mol. The summed E-state index contributed by atoms with van der Waals surface area (Å²) in [6, 6.07) is 0. The SMILES string of the molecule is [CH]C([CH])CCC([CH])[CH]. The molecule has 42 valence electrons. The van der Waals surface area contributed by atoms with E-state index >= 15 is 0 Å². The average Bonchev–Trinajstić information content (AvgIpc) is 1.61. The Balaban J connectivity index is 2.93. The summed E-state index contributed by atoms with van der Waals surface area (Å²) in [5.74, 6) is -0.547. The molecule has 0 aliphatic heterocycles. The third kappa shape index (κ3) is 6.00. The highest BCUT2D eigenvalue weighted by atomic mass is 14.0. The molecule has 0 amide bonds. The number of rotatable bonds is 3. The molecule has 0 spiro atoms. The third-order valence-electron chi connectivity index (χ3n) is 0.833. The lowest BCUT2D eigenvalue weighted by atomic mass is 10.0. The predicted molar refractivity (Wildman–Crippen MR) is 33.4 cm³/mol. The second kappa shape index (κ2) is 3.94. The van der Waals surface area contributed by atoms with Crippen LogP contribution in [0.3, 0.4) is 0 Å². The van der Waals surface area contributed by atoms with Crippen LogP contribution in [-0.4, -0.2) is 0 Å². The molecule has 8 radical (unpaired) electrons. The molecule has 0 saturated heterocycles. The van der Waals surface area contributed by atoms with E-state index in [1.807, 2.05) is 0 Å². The lowest BCUT2D eigenvalue weighted by Crippen LogP contribution is -1.93. The maximum Gasteiger partial charge on any atom is -0.0315 e. The largest absolute Gasteiger partial charge is 0.0496 e. The first-order chi connectivity index (χ1) is 3.63. The van der Waals surface area contributed by atoms with Gasteiger partial charge in [0.1, 0.15) is 0 Å². The molecule has 0 aromatic rings. The van der Waals surface area contributed by atoms with Gasteiger partial charge in [0.15, 0.2) is 0 Å². The Kier molecular flexibility index (Phi) is 3.94. The van der Waals surface area contributed by atoms with Gasteiger partial charge in [0.25, 0.3) is 0 Å². The van der Waals surface area contributed by atoms with Crippen molar-refractivity contribution in [1.82, 2.24) is 0 Å². The van der Waals surface area contributed by atoms with Crippen LogP contribution in [0, 0.1) is 39.5 Å². The summed E-state index contributed by atoms with van der Waals surface area (Å²) in [6.07, 6.45) is 1.38. The van der Waals surface area contributed by atoms with Crippen LogP contribution in [0.5, 0.6) is 0 Å². The van der Waals surface area contributed by atoms with Crippen molar-refractivity contribution in [2.24, 2.45) is 11.8 Å². The van der Waals surface area contributed by atoms with Crippen LogP contribution in [0.4, 0.5) is 0 Å². The summed E-state index contributed by atoms with van der Waals surface area (Å²) in [6.45, 7) is 20.8. The van der Waals surface area contributed by atoms with E-state index in [4.69, 9.17) is 27.7 Å². The van der Waals surface area contributed by atoms with E-state index in [0.717, 1.165) is 0 Å². The molecule has 0 atom stereocenters. The second-order valence-corrected chi connectivity index (χ2v) is 1.91. The minimum atomic E-state index is -0.274. The van der Waals surface area contributed by atoms with Gasteiger partial charge in [0.2, 0.25) is 0 Å². The van der Waals surface area contributed by atoms with Crippen LogP contribution in [-0.2, 0) is 0 Å². The van der Waals surface area contributed by atoms with Crippen molar-refractivity contribution in [3.8, 4) is 0 Å². The second-order valence-electron chi connectivity index (χ2n) is 1.91. The van der Waals surface area contributed by atoms with E-state index in [1.54, 1.807) is 0 Å². The molecule has 0 nitrogen and oxygen atoms in total. The molecular formula is C8H10. The Morgan fingerprint density at radius 1 is 0.750 bits per heavy atom. The molecule has 8 heavy (non-hydrogen) atoms. The Morgan fingerprint density at radius 3 is 1.12 bits per heavy atom. The molecule has 0 aromatic carbocycles. The molecule has 0 rings (SSSR count). The maximum atomic E-state index is 5.21. The summed E-state index contributed by atoms with van der Waals surface area (Å²) in [7, 11) is 0. The van der Waals surface area contributed by atoms with Gasteiger partial charge in [-0.1, -0.05) is 0 Å². The molecule has 0 aliphatic carbocycles. The summed E-state index contributed by atoms with van der Waals surface area (Å²) in [4.78, 5) is 0. The van der Waals surface area contributed by atoms with Gasteiger partial charge in [0, 0.05) is 0 Å². The minimum absolute atomic E-state index is 0.274. The lowest BCUT2D eigenvalue weighted by molar-refractivity contribution is 0.588. The maximum absolute atomic E-state index is 5.21. The summed E-state index contributed by atoms with van der Waals surface area (Å²) in [5.41, 5.74) is 0. The first-order valence-electron chi connectivity index (χ1n) is 2.65. The summed E-state index contributed by atoms with van der Waals surface area (Å²) < 4.78 is 0. The Hall–Kier alpha value is 0. The van der Waals surface area contributed by atoms with Crippen molar-refractivity contribution in [3.63, 3.8) is 0 Å². The van der Waals surface area contributed by atoms with Gasteiger partial charge in [-0.3, -0.25) is 0 Å². The number of hydrogen-bond acceptors (Lipinski definition) is 0. The highest BCUT2D eigenvalue weighted by Gasteiger charge is 1.96. The van der Waals surface area contributed by atoms with Gasteiger partial charge in [-0.15, -0.1) is 0 Å². The van der Waals surface area contributed by atoms with Crippen molar-refractivity contribution < 1.29 is 0 Å². The van der Waals surface area contributed by atoms with Gasteiger partial charge in [-0.25, -0.2) is 0 Å². The van der Waals surface area contributed by atoms with E-state index in [-0.39, 0.29) is 11.8 Å². The van der Waals surface area contributed by atoms with E-state index in [2.05, 4.69) is 0 Å². The molecule has 0 N–H and O–H groups in total. The van der Waals surface area contributed by atoms with Crippen molar-refractivity contribution in [2.75, 3.05) is 0 Å².